The van der Waals surface area contributed by atoms with Gasteiger partial charge in [0.2, 0.25) is 0 Å². The lowest BCUT2D eigenvalue weighted by atomic mass is 10.1. The van der Waals surface area contributed by atoms with Gasteiger partial charge in [-0.2, -0.15) is 0 Å². The second-order valence-corrected chi connectivity index (χ2v) is 6.64. The number of nitrogens with one attached hydrogen (secondary N) is 1. The van der Waals surface area contributed by atoms with E-state index in [1.54, 1.807) is 24.5 Å². The third-order valence-electron chi connectivity index (χ3n) is 4.40. The van der Waals surface area contributed by atoms with Crippen molar-refractivity contribution in [3.8, 4) is 11.5 Å². The quantitative estimate of drug-likeness (QED) is 0.542. The van der Waals surface area contributed by atoms with Gasteiger partial charge in [0.1, 0.15) is 18.2 Å². The van der Waals surface area contributed by atoms with Crippen LogP contribution < -0.4 is 14.8 Å². The number of hydrogen-bond acceptors (Lipinski definition) is 5. The first-order chi connectivity index (χ1) is 15.0. The number of aliphatic hydroxyl groups is 1. The van der Waals surface area contributed by atoms with E-state index in [9.17, 15) is 18.7 Å². The molecule has 3 aromatic rings. The van der Waals surface area contributed by atoms with Crippen molar-refractivity contribution in [1.29, 1.82) is 0 Å². The summed E-state index contributed by atoms with van der Waals surface area (Å²) in [6, 6.07) is 11.3. The number of aliphatic hydroxyl groups excluding tert-OH is 1. The van der Waals surface area contributed by atoms with Gasteiger partial charge in [-0.15, -0.1) is 0 Å². The van der Waals surface area contributed by atoms with E-state index < -0.39 is 23.6 Å². The van der Waals surface area contributed by atoms with Gasteiger partial charge < -0.3 is 19.9 Å². The van der Waals surface area contributed by atoms with Gasteiger partial charge in [0.25, 0.3) is 5.91 Å². The van der Waals surface area contributed by atoms with Crippen molar-refractivity contribution in [3.63, 3.8) is 0 Å². The standard InChI is InChI=1S/C23H22F2N2O4/c1-2-30-22-10-16(5-8-21(22)31-14-15-4-3-9-26-12-15)23(29)27-13-20(28)18-7-6-17(24)11-19(18)25/h3-12,20,28H,2,13-14H2,1H3,(H,27,29). The Labute approximate surface area is 178 Å². The maximum atomic E-state index is 13.8. The molecular formula is C23H22F2N2O4. The topological polar surface area (TPSA) is 80.7 Å². The van der Waals surface area contributed by atoms with Gasteiger partial charge in [0.05, 0.1) is 12.7 Å². The maximum absolute atomic E-state index is 13.8. The van der Waals surface area contributed by atoms with Crippen molar-refractivity contribution < 1.29 is 28.2 Å². The fourth-order valence-electron chi connectivity index (χ4n) is 2.85. The Kier molecular flexibility index (Phi) is 7.50. The van der Waals surface area contributed by atoms with Crippen LogP contribution in [0.4, 0.5) is 8.78 Å². The summed E-state index contributed by atoms with van der Waals surface area (Å²) in [6.07, 6.45) is 2.04. The molecule has 0 spiro atoms. The van der Waals surface area contributed by atoms with Gasteiger partial charge in [-0.25, -0.2) is 8.78 Å². The summed E-state index contributed by atoms with van der Waals surface area (Å²) in [4.78, 5) is 16.5. The van der Waals surface area contributed by atoms with Crippen LogP contribution in [0.3, 0.4) is 0 Å². The lowest BCUT2D eigenvalue weighted by Crippen LogP contribution is -2.28. The second kappa shape index (κ2) is 10.5. The molecule has 1 heterocycles. The predicted molar refractivity (Wildman–Crippen MR) is 110 cm³/mol. The lowest BCUT2D eigenvalue weighted by molar-refractivity contribution is 0.0913. The van der Waals surface area contributed by atoms with Crippen LogP contribution in [-0.2, 0) is 6.61 Å². The molecule has 162 valence electrons. The number of carbonyl (C=O) groups is 1. The van der Waals surface area contributed by atoms with Crippen LogP contribution in [-0.4, -0.2) is 29.1 Å². The number of ether oxygens (including phenoxy) is 2. The first-order valence-corrected chi connectivity index (χ1v) is 9.67. The molecule has 0 aliphatic carbocycles. The molecule has 1 aromatic heterocycles. The van der Waals surface area contributed by atoms with E-state index in [0.717, 1.165) is 17.7 Å². The molecule has 1 unspecified atom stereocenters. The van der Waals surface area contributed by atoms with Crippen molar-refractivity contribution in [3.05, 3.63) is 89.2 Å². The zero-order valence-electron chi connectivity index (χ0n) is 16.8. The van der Waals surface area contributed by atoms with Crippen LogP contribution in [0.5, 0.6) is 11.5 Å². The third-order valence-corrected chi connectivity index (χ3v) is 4.40. The lowest BCUT2D eigenvalue weighted by Gasteiger charge is -2.15. The molecule has 31 heavy (non-hydrogen) atoms. The number of benzene rings is 2. The van der Waals surface area contributed by atoms with Gasteiger partial charge in [-0.1, -0.05) is 12.1 Å². The van der Waals surface area contributed by atoms with Crippen molar-refractivity contribution in [2.24, 2.45) is 0 Å². The van der Waals surface area contributed by atoms with Crippen molar-refractivity contribution in [2.45, 2.75) is 19.6 Å². The number of nitrogens with zero attached hydrogens (tertiary/aromatic N) is 1. The Morgan fingerprint density at radius 3 is 2.68 bits per heavy atom. The predicted octanol–water partition coefficient (Wildman–Crippen LogP) is 3.80. The summed E-state index contributed by atoms with van der Waals surface area (Å²) in [5.74, 6) is -1.25. The first-order valence-electron chi connectivity index (χ1n) is 9.67. The molecule has 2 aromatic carbocycles. The van der Waals surface area contributed by atoms with E-state index in [1.807, 2.05) is 19.1 Å². The van der Waals surface area contributed by atoms with E-state index in [2.05, 4.69) is 10.3 Å². The molecule has 0 aliphatic rings. The van der Waals surface area contributed by atoms with Crippen LogP contribution in [0.25, 0.3) is 0 Å². The Morgan fingerprint density at radius 1 is 1.13 bits per heavy atom. The first kappa shape index (κ1) is 22.2. The highest BCUT2D eigenvalue weighted by molar-refractivity contribution is 5.94. The highest BCUT2D eigenvalue weighted by Crippen LogP contribution is 2.29. The maximum Gasteiger partial charge on any atom is 0.251 e. The number of halogens is 2. The average molecular weight is 428 g/mol. The van der Waals surface area contributed by atoms with Gasteiger partial charge >= 0.3 is 0 Å². The number of aromatic nitrogens is 1. The summed E-state index contributed by atoms with van der Waals surface area (Å²) in [5.41, 5.74) is 1.06. The van der Waals surface area contributed by atoms with Crippen LogP contribution >= 0.6 is 0 Å². The largest absolute Gasteiger partial charge is 0.490 e. The summed E-state index contributed by atoms with van der Waals surface area (Å²) >= 11 is 0. The average Bonchev–Trinajstić information content (AvgIpc) is 2.77. The SMILES string of the molecule is CCOc1cc(C(=O)NCC(O)c2ccc(F)cc2F)ccc1OCc1cccnc1. The molecule has 8 heteroatoms. The minimum atomic E-state index is -1.32. The molecule has 0 radical (unpaired) electrons. The van der Waals surface area contributed by atoms with Crippen molar-refractivity contribution in [2.75, 3.05) is 13.2 Å². The molecule has 3 rings (SSSR count). The normalized spacial score (nSPS) is 11.6. The summed E-state index contributed by atoms with van der Waals surface area (Å²) < 4.78 is 38.2. The van der Waals surface area contributed by atoms with Gasteiger partial charge in [-0.3, -0.25) is 9.78 Å². The van der Waals surface area contributed by atoms with Crippen LogP contribution in [0, 0.1) is 11.6 Å². The zero-order valence-corrected chi connectivity index (χ0v) is 16.8. The second-order valence-electron chi connectivity index (χ2n) is 6.64. The fourth-order valence-corrected chi connectivity index (χ4v) is 2.85. The van der Waals surface area contributed by atoms with Gasteiger partial charge in [0, 0.05) is 41.7 Å². The molecular weight excluding hydrogens is 406 g/mol. The van der Waals surface area contributed by atoms with E-state index in [1.165, 1.54) is 6.07 Å². The number of pyridine rings is 1. The van der Waals surface area contributed by atoms with Crippen LogP contribution in [0.1, 0.15) is 34.5 Å². The highest BCUT2D eigenvalue weighted by atomic mass is 19.1. The molecule has 0 saturated carbocycles. The number of rotatable bonds is 9. The van der Waals surface area contributed by atoms with Gasteiger partial charge in [0.15, 0.2) is 11.5 Å². The van der Waals surface area contributed by atoms with E-state index in [4.69, 9.17) is 9.47 Å². The highest BCUT2D eigenvalue weighted by Gasteiger charge is 2.17. The molecule has 0 saturated heterocycles. The monoisotopic (exact) mass is 428 g/mol. The summed E-state index contributed by atoms with van der Waals surface area (Å²) in [5, 5.41) is 12.7. The van der Waals surface area contributed by atoms with Crippen molar-refractivity contribution >= 4 is 5.91 Å². The molecule has 1 atom stereocenters. The molecule has 0 bridgehead atoms. The number of amides is 1. The van der Waals surface area contributed by atoms with Crippen molar-refractivity contribution in [1.82, 2.24) is 10.3 Å². The fraction of sp³-hybridized carbons (Fsp3) is 0.217. The molecule has 1 amide bonds. The van der Waals surface area contributed by atoms with E-state index in [-0.39, 0.29) is 24.3 Å². The molecule has 2 N–H and O–H groups in total. The Bertz CT molecular complexity index is 1030. The van der Waals surface area contributed by atoms with Crippen LogP contribution in [0.2, 0.25) is 0 Å². The Morgan fingerprint density at radius 2 is 1.97 bits per heavy atom. The Hall–Kier alpha value is -3.52. The minimum absolute atomic E-state index is 0.101. The van der Waals surface area contributed by atoms with E-state index in [0.29, 0.717) is 24.2 Å². The van der Waals surface area contributed by atoms with Gasteiger partial charge in [-0.05, 0) is 37.3 Å². The third kappa shape index (κ3) is 5.99. The molecule has 6 nitrogen and oxygen atoms in total. The zero-order chi connectivity index (χ0) is 22.2. The Balaban J connectivity index is 1.65. The van der Waals surface area contributed by atoms with E-state index >= 15 is 0 Å². The number of hydrogen-bond donors (Lipinski definition) is 2. The smallest absolute Gasteiger partial charge is 0.251 e. The minimum Gasteiger partial charge on any atom is -0.490 e. The summed E-state index contributed by atoms with van der Waals surface area (Å²) in [6.45, 7) is 2.22. The number of carbonyl (C=O) groups excluding carboxylic acids is 1. The molecule has 0 aliphatic heterocycles. The summed E-state index contributed by atoms with van der Waals surface area (Å²) in [7, 11) is 0. The van der Waals surface area contributed by atoms with Crippen LogP contribution in [0.15, 0.2) is 60.9 Å². The molecule has 0 fully saturated rings.